The molecule has 1 aliphatic heterocycles. The van der Waals surface area contributed by atoms with E-state index in [1.165, 1.54) is 30.6 Å². The number of nitrogens with zero attached hydrogens (tertiary/aromatic N) is 2. The van der Waals surface area contributed by atoms with Crippen LogP contribution in [0.1, 0.15) is 45.6 Å². The van der Waals surface area contributed by atoms with Gasteiger partial charge in [0.1, 0.15) is 5.82 Å². The van der Waals surface area contributed by atoms with Gasteiger partial charge in [-0.05, 0) is 32.3 Å². The van der Waals surface area contributed by atoms with Crippen molar-refractivity contribution >= 4 is 5.82 Å². The maximum absolute atomic E-state index is 4.62. The minimum Gasteiger partial charge on any atom is -0.354 e. The molecule has 0 amide bonds. The Morgan fingerprint density at radius 2 is 2.28 bits per heavy atom. The molecule has 1 aromatic heterocycles. The molecule has 1 aliphatic rings. The molecule has 1 unspecified atom stereocenters. The molecule has 0 bridgehead atoms. The third kappa shape index (κ3) is 3.22. The molecule has 1 atom stereocenters. The molecule has 3 heteroatoms. The SMILES string of the molecule is CC(C)NCc1cccnc1N1CCCCC1C. The summed E-state index contributed by atoms with van der Waals surface area (Å²) in [5, 5.41) is 3.49. The van der Waals surface area contributed by atoms with Gasteiger partial charge in [-0.15, -0.1) is 0 Å². The van der Waals surface area contributed by atoms with Gasteiger partial charge in [-0.25, -0.2) is 4.98 Å². The van der Waals surface area contributed by atoms with E-state index in [1.807, 2.05) is 12.3 Å². The highest BCUT2D eigenvalue weighted by Crippen LogP contribution is 2.25. The number of rotatable bonds is 4. The second kappa shape index (κ2) is 6.19. The fourth-order valence-electron chi connectivity index (χ4n) is 2.55. The minimum atomic E-state index is 0.511. The molecule has 3 nitrogen and oxygen atoms in total. The molecule has 1 aromatic rings. The van der Waals surface area contributed by atoms with Gasteiger partial charge in [0.05, 0.1) is 0 Å². The van der Waals surface area contributed by atoms with Crippen LogP contribution < -0.4 is 10.2 Å². The molecule has 0 spiro atoms. The van der Waals surface area contributed by atoms with Gasteiger partial charge in [-0.2, -0.15) is 0 Å². The van der Waals surface area contributed by atoms with Crippen LogP contribution in [-0.2, 0) is 6.54 Å². The summed E-state index contributed by atoms with van der Waals surface area (Å²) in [6.45, 7) is 8.73. The van der Waals surface area contributed by atoms with Gasteiger partial charge >= 0.3 is 0 Å². The zero-order valence-corrected chi connectivity index (χ0v) is 11.8. The molecule has 0 radical (unpaired) electrons. The van der Waals surface area contributed by atoms with Crippen LogP contribution in [0.2, 0.25) is 0 Å². The van der Waals surface area contributed by atoms with Crippen LogP contribution in [0.25, 0.3) is 0 Å². The van der Waals surface area contributed by atoms with Gasteiger partial charge in [-0.1, -0.05) is 19.9 Å². The summed E-state index contributed by atoms with van der Waals surface area (Å²) in [5.41, 5.74) is 1.32. The fraction of sp³-hybridized carbons (Fsp3) is 0.667. The van der Waals surface area contributed by atoms with Crippen LogP contribution in [0.15, 0.2) is 18.3 Å². The van der Waals surface area contributed by atoms with Crippen molar-refractivity contribution in [2.24, 2.45) is 0 Å². The first-order chi connectivity index (χ1) is 8.68. The molecule has 0 aliphatic carbocycles. The lowest BCUT2D eigenvalue weighted by Crippen LogP contribution is -2.39. The molecule has 0 aromatic carbocycles. The zero-order chi connectivity index (χ0) is 13.0. The smallest absolute Gasteiger partial charge is 0.133 e. The topological polar surface area (TPSA) is 28.2 Å². The lowest BCUT2D eigenvalue weighted by atomic mass is 10.0. The number of pyridine rings is 1. The maximum atomic E-state index is 4.62. The highest BCUT2D eigenvalue weighted by atomic mass is 15.2. The molecule has 1 saturated heterocycles. The monoisotopic (exact) mass is 247 g/mol. The highest BCUT2D eigenvalue weighted by Gasteiger charge is 2.21. The number of piperidine rings is 1. The van der Waals surface area contributed by atoms with E-state index in [9.17, 15) is 0 Å². The van der Waals surface area contributed by atoms with Gasteiger partial charge in [0, 0.05) is 36.9 Å². The van der Waals surface area contributed by atoms with Gasteiger partial charge in [0.2, 0.25) is 0 Å². The van der Waals surface area contributed by atoms with Crippen molar-refractivity contribution in [1.82, 2.24) is 10.3 Å². The molecule has 2 rings (SSSR count). The first kappa shape index (κ1) is 13.3. The Balaban J connectivity index is 2.15. The minimum absolute atomic E-state index is 0.511. The Morgan fingerprint density at radius 1 is 1.44 bits per heavy atom. The normalized spacial score (nSPS) is 20.4. The molecule has 1 fully saturated rings. The lowest BCUT2D eigenvalue weighted by molar-refractivity contribution is 0.478. The first-order valence-corrected chi connectivity index (χ1v) is 7.12. The van der Waals surface area contributed by atoms with E-state index < -0.39 is 0 Å². The lowest BCUT2D eigenvalue weighted by Gasteiger charge is -2.35. The molecule has 1 N–H and O–H groups in total. The maximum Gasteiger partial charge on any atom is 0.133 e. The molecular formula is C15H25N3. The number of anilines is 1. The van der Waals surface area contributed by atoms with E-state index in [0.717, 1.165) is 13.1 Å². The summed E-state index contributed by atoms with van der Waals surface area (Å²) in [5.74, 6) is 1.18. The molecule has 0 saturated carbocycles. The number of nitrogens with one attached hydrogen (secondary N) is 1. The third-order valence-electron chi connectivity index (χ3n) is 3.64. The molecule has 2 heterocycles. The zero-order valence-electron chi connectivity index (χ0n) is 11.8. The van der Waals surface area contributed by atoms with E-state index in [0.29, 0.717) is 12.1 Å². The summed E-state index contributed by atoms with van der Waals surface area (Å²) in [6, 6.07) is 5.36. The van der Waals surface area contributed by atoms with Crippen LogP contribution in [0.4, 0.5) is 5.82 Å². The van der Waals surface area contributed by atoms with Crippen LogP contribution in [-0.4, -0.2) is 23.6 Å². The molecule has 100 valence electrons. The van der Waals surface area contributed by atoms with Crippen LogP contribution in [0.5, 0.6) is 0 Å². The summed E-state index contributed by atoms with van der Waals surface area (Å²) >= 11 is 0. The van der Waals surface area contributed by atoms with E-state index in [1.54, 1.807) is 0 Å². The average Bonchev–Trinajstić information content (AvgIpc) is 2.37. The van der Waals surface area contributed by atoms with Crippen LogP contribution in [0.3, 0.4) is 0 Å². The Hall–Kier alpha value is -1.09. The van der Waals surface area contributed by atoms with E-state index >= 15 is 0 Å². The van der Waals surface area contributed by atoms with E-state index in [-0.39, 0.29) is 0 Å². The van der Waals surface area contributed by atoms with Gasteiger partial charge < -0.3 is 10.2 Å². The predicted molar refractivity (Wildman–Crippen MR) is 76.9 cm³/mol. The van der Waals surface area contributed by atoms with Crippen molar-refractivity contribution in [2.75, 3.05) is 11.4 Å². The van der Waals surface area contributed by atoms with E-state index in [4.69, 9.17) is 0 Å². The average molecular weight is 247 g/mol. The van der Waals surface area contributed by atoms with Gasteiger partial charge in [0.25, 0.3) is 0 Å². The number of aromatic nitrogens is 1. The predicted octanol–water partition coefficient (Wildman–Crippen LogP) is 2.96. The molecular weight excluding hydrogens is 222 g/mol. The fourth-order valence-corrected chi connectivity index (χ4v) is 2.55. The van der Waals surface area contributed by atoms with Crippen molar-refractivity contribution < 1.29 is 0 Å². The van der Waals surface area contributed by atoms with Crippen molar-refractivity contribution in [1.29, 1.82) is 0 Å². The van der Waals surface area contributed by atoms with Crippen molar-refractivity contribution in [3.8, 4) is 0 Å². The van der Waals surface area contributed by atoms with Crippen LogP contribution >= 0.6 is 0 Å². The van der Waals surface area contributed by atoms with E-state index in [2.05, 4.69) is 42.0 Å². The van der Waals surface area contributed by atoms with Gasteiger partial charge in [-0.3, -0.25) is 0 Å². The highest BCUT2D eigenvalue weighted by molar-refractivity contribution is 5.48. The van der Waals surface area contributed by atoms with Crippen molar-refractivity contribution in [2.45, 2.75) is 58.7 Å². The summed E-state index contributed by atoms with van der Waals surface area (Å²) in [6.07, 6.45) is 5.84. The van der Waals surface area contributed by atoms with Crippen LogP contribution in [0, 0.1) is 0 Å². The summed E-state index contributed by atoms with van der Waals surface area (Å²) < 4.78 is 0. The second-order valence-corrected chi connectivity index (χ2v) is 5.56. The summed E-state index contributed by atoms with van der Waals surface area (Å²) in [4.78, 5) is 7.09. The van der Waals surface area contributed by atoms with Gasteiger partial charge in [0.15, 0.2) is 0 Å². The quantitative estimate of drug-likeness (QED) is 0.886. The largest absolute Gasteiger partial charge is 0.354 e. The standard InChI is InChI=1S/C15H25N3/c1-12(2)17-11-14-8-6-9-16-15(14)18-10-5-4-7-13(18)3/h6,8-9,12-13,17H,4-5,7,10-11H2,1-3H3. The third-order valence-corrected chi connectivity index (χ3v) is 3.64. The Morgan fingerprint density at radius 3 is 3.00 bits per heavy atom. The number of hydrogen-bond acceptors (Lipinski definition) is 3. The van der Waals surface area contributed by atoms with Crippen molar-refractivity contribution in [3.63, 3.8) is 0 Å². The number of hydrogen-bond donors (Lipinski definition) is 1. The summed E-state index contributed by atoms with van der Waals surface area (Å²) in [7, 11) is 0. The second-order valence-electron chi connectivity index (χ2n) is 5.56. The Bertz CT molecular complexity index is 376. The Labute approximate surface area is 111 Å². The van der Waals surface area contributed by atoms with Crippen molar-refractivity contribution in [3.05, 3.63) is 23.9 Å². The Kier molecular flexibility index (Phi) is 4.59. The molecule has 18 heavy (non-hydrogen) atoms. The first-order valence-electron chi connectivity index (χ1n) is 7.12.